The van der Waals surface area contributed by atoms with Crippen LogP contribution in [-0.4, -0.2) is 27.4 Å². The summed E-state index contributed by atoms with van der Waals surface area (Å²) in [6.07, 6.45) is 4.31. The molecule has 0 saturated carbocycles. The Morgan fingerprint density at radius 1 is 1.38 bits per heavy atom. The molecule has 1 aliphatic heterocycles. The highest BCUT2D eigenvalue weighted by Crippen LogP contribution is 2.29. The van der Waals surface area contributed by atoms with E-state index in [-0.39, 0.29) is 0 Å². The van der Waals surface area contributed by atoms with Crippen LogP contribution in [0.5, 0.6) is 0 Å². The van der Waals surface area contributed by atoms with Gasteiger partial charge in [0.2, 0.25) is 0 Å². The molecule has 0 saturated heterocycles. The number of hydrogen-bond acceptors (Lipinski definition) is 3. The van der Waals surface area contributed by atoms with Gasteiger partial charge < -0.3 is 10.4 Å². The molecule has 5 heteroatoms. The first kappa shape index (κ1) is 13.7. The summed E-state index contributed by atoms with van der Waals surface area (Å²) in [6, 6.07) is 6.85. The standard InChI is InChI=1S/C16H19N3O2/c1-2-3-4-14-13-9-10-17-15(13)19(18-14)12-7-5-11(6-8-12)16(20)21/h5-8,17H,2-4,9-10H2,1H3,(H,20,21). The van der Waals surface area contributed by atoms with E-state index in [2.05, 4.69) is 12.2 Å². The molecular weight excluding hydrogens is 266 g/mol. The van der Waals surface area contributed by atoms with Crippen molar-refractivity contribution in [3.8, 4) is 5.69 Å². The molecule has 0 spiro atoms. The molecule has 2 N–H and O–H groups in total. The maximum Gasteiger partial charge on any atom is 0.335 e. The Kier molecular flexibility index (Phi) is 3.64. The van der Waals surface area contributed by atoms with Gasteiger partial charge in [0.05, 0.1) is 16.9 Å². The van der Waals surface area contributed by atoms with Crippen LogP contribution in [0.2, 0.25) is 0 Å². The molecule has 3 rings (SSSR count). The van der Waals surface area contributed by atoms with E-state index in [0.29, 0.717) is 5.56 Å². The number of nitrogens with one attached hydrogen (secondary N) is 1. The molecule has 1 aliphatic rings. The van der Waals surface area contributed by atoms with E-state index in [9.17, 15) is 4.79 Å². The third-order valence-corrected chi connectivity index (χ3v) is 3.86. The number of carboxylic acids is 1. The summed E-state index contributed by atoms with van der Waals surface area (Å²) in [5.41, 5.74) is 3.67. The van der Waals surface area contributed by atoms with Gasteiger partial charge in [-0.1, -0.05) is 13.3 Å². The molecule has 1 aromatic heterocycles. The number of aryl methyl sites for hydroxylation is 1. The van der Waals surface area contributed by atoms with Crippen LogP contribution in [0.3, 0.4) is 0 Å². The molecule has 21 heavy (non-hydrogen) atoms. The van der Waals surface area contributed by atoms with Crippen molar-refractivity contribution in [3.05, 3.63) is 41.1 Å². The minimum atomic E-state index is -0.908. The number of unbranched alkanes of at least 4 members (excludes halogenated alkanes) is 1. The van der Waals surface area contributed by atoms with E-state index in [1.165, 1.54) is 11.3 Å². The summed E-state index contributed by atoms with van der Waals surface area (Å²) in [5, 5.41) is 17.1. The number of hydrogen-bond donors (Lipinski definition) is 2. The summed E-state index contributed by atoms with van der Waals surface area (Å²) in [6.45, 7) is 3.12. The van der Waals surface area contributed by atoms with E-state index in [4.69, 9.17) is 10.2 Å². The maximum atomic E-state index is 10.9. The van der Waals surface area contributed by atoms with Crippen LogP contribution in [0.15, 0.2) is 24.3 Å². The molecule has 0 bridgehead atoms. The van der Waals surface area contributed by atoms with Crippen molar-refractivity contribution in [1.82, 2.24) is 9.78 Å². The Morgan fingerprint density at radius 2 is 2.14 bits per heavy atom. The number of nitrogens with zero attached hydrogens (tertiary/aromatic N) is 2. The zero-order valence-corrected chi connectivity index (χ0v) is 12.1. The second-order valence-electron chi connectivity index (χ2n) is 5.32. The summed E-state index contributed by atoms with van der Waals surface area (Å²) in [4.78, 5) is 10.9. The summed E-state index contributed by atoms with van der Waals surface area (Å²) in [5.74, 6) is 0.151. The predicted octanol–water partition coefficient (Wildman–Crippen LogP) is 2.88. The minimum Gasteiger partial charge on any atom is -0.478 e. The van der Waals surface area contributed by atoms with Crippen LogP contribution >= 0.6 is 0 Å². The Bertz CT molecular complexity index is 659. The first-order valence-electron chi connectivity index (χ1n) is 7.39. The minimum absolute atomic E-state index is 0.293. The lowest BCUT2D eigenvalue weighted by atomic mass is 10.1. The van der Waals surface area contributed by atoms with Gasteiger partial charge in [-0.15, -0.1) is 0 Å². The normalized spacial score (nSPS) is 13.0. The molecule has 0 unspecified atom stereocenters. The topological polar surface area (TPSA) is 67.2 Å². The van der Waals surface area contributed by atoms with Gasteiger partial charge in [-0.05, 0) is 43.5 Å². The summed E-state index contributed by atoms with van der Waals surface area (Å²) < 4.78 is 1.90. The summed E-state index contributed by atoms with van der Waals surface area (Å²) >= 11 is 0. The largest absolute Gasteiger partial charge is 0.478 e. The fourth-order valence-corrected chi connectivity index (χ4v) is 2.72. The fourth-order valence-electron chi connectivity index (χ4n) is 2.72. The lowest BCUT2D eigenvalue weighted by Gasteiger charge is -2.06. The quantitative estimate of drug-likeness (QED) is 0.886. The summed E-state index contributed by atoms with van der Waals surface area (Å²) in [7, 11) is 0. The average Bonchev–Trinajstić information content (AvgIpc) is 3.08. The lowest BCUT2D eigenvalue weighted by molar-refractivity contribution is 0.0697. The van der Waals surface area contributed by atoms with Gasteiger partial charge in [0.15, 0.2) is 0 Å². The van der Waals surface area contributed by atoms with Crippen LogP contribution < -0.4 is 5.32 Å². The zero-order valence-electron chi connectivity index (χ0n) is 12.1. The molecule has 2 heterocycles. The average molecular weight is 285 g/mol. The van der Waals surface area contributed by atoms with Crippen molar-refractivity contribution < 1.29 is 9.90 Å². The van der Waals surface area contributed by atoms with Crippen molar-refractivity contribution in [2.24, 2.45) is 0 Å². The molecule has 5 nitrogen and oxygen atoms in total. The fraction of sp³-hybridized carbons (Fsp3) is 0.375. The van der Waals surface area contributed by atoms with Crippen molar-refractivity contribution >= 4 is 11.8 Å². The molecular formula is C16H19N3O2. The maximum absolute atomic E-state index is 10.9. The second kappa shape index (κ2) is 5.60. The van der Waals surface area contributed by atoms with Gasteiger partial charge in [-0.25, -0.2) is 9.48 Å². The van der Waals surface area contributed by atoms with E-state index >= 15 is 0 Å². The Morgan fingerprint density at radius 3 is 2.81 bits per heavy atom. The number of anilines is 1. The molecule has 1 aromatic carbocycles. The van der Waals surface area contributed by atoms with E-state index in [0.717, 1.165) is 43.7 Å². The van der Waals surface area contributed by atoms with Crippen molar-refractivity contribution in [2.45, 2.75) is 32.6 Å². The van der Waals surface area contributed by atoms with E-state index in [1.807, 2.05) is 4.68 Å². The smallest absolute Gasteiger partial charge is 0.335 e. The first-order valence-corrected chi connectivity index (χ1v) is 7.39. The third-order valence-electron chi connectivity index (χ3n) is 3.86. The number of aromatic nitrogens is 2. The number of rotatable bonds is 5. The predicted molar refractivity (Wildman–Crippen MR) is 81.3 cm³/mol. The lowest BCUT2D eigenvalue weighted by Crippen LogP contribution is -2.05. The van der Waals surface area contributed by atoms with E-state index < -0.39 is 5.97 Å². The number of fused-ring (bicyclic) bond motifs is 1. The van der Waals surface area contributed by atoms with Crippen LogP contribution in [0.25, 0.3) is 5.69 Å². The highest BCUT2D eigenvalue weighted by atomic mass is 16.4. The molecule has 0 amide bonds. The van der Waals surface area contributed by atoms with Gasteiger partial charge in [-0.3, -0.25) is 0 Å². The molecule has 0 radical (unpaired) electrons. The Labute approximate surface area is 123 Å². The monoisotopic (exact) mass is 285 g/mol. The number of carboxylic acid groups (broad SMARTS) is 1. The Hall–Kier alpha value is -2.30. The zero-order chi connectivity index (χ0) is 14.8. The molecule has 2 aromatic rings. The van der Waals surface area contributed by atoms with Crippen LogP contribution in [0.4, 0.5) is 5.82 Å². The number of benzene rings is 1. The third kappa shape index (κ3) is 2.51. The Balaban J connectivity index is 1.96. The first-order chi connectivity index (χ1) is 10.2. The highest BCUT2D eigenvalue weighted by molar-refractivity contribution is 5.87. The van der Waals surface area contributed by atoms with E-state index in [1.54, 1.807) is 24.3 Å². The van der Waals surface area contributed by atoms with Gasteiger partial charge >= 0.3 is 5.97 Å². The molecule has 0 fully saturated rings. The number of carbonyl (C=O) groups is 1. The van der Waals surface area contributed by atoms with Crippen LogP contribution in [-0.2, 0) is 12.8 Å². The van der Waals surface area contributed by atoms with Gasteiger partial charge in [0, 0.05) is 12.1 Å². The van der Waals surface area contributed by atoms with Crippen LogP contribution in [0.1, 0.15) is 41.4 Å². The second-order valence-corrected chi connectivity index (χ2v) is 5.32. The van der Waals surface area contributed by atoms with Crippen molar-refractivity contribution in [3.63, 3.8) is 0 Å². The molecule has 0 atom stereocenters. The number of aromatic carboxylic acids is 1. The van der Waals surface area contributed by atoms with Gasteiger partial charge in [0.1, 0.15) is 5.82 Å². The SMILES string of the molecule is CCCCc1nn(-c2ccc(C(=O)O)cc2)c2c1CCN2. The van der Waals surface area contributed by atoms with Crippen molar-refractivity contribution in [2.75, 3.05) is 11.9 Å². The highest BCUT2D eigenvalue weighted by Gasteiger charge is 2.22. The molecule has 110 valence electrons. The van der Waals surface area contributed by atoms with Crippen LogP contribution in [0, 0.1) is 0 Å². The van der Waals surface area contributed by atoms with Gasteiger partial charge in [0.25, 0.3) is 0 Å². The van der Waals surface area contributed by atoms with Gasteiger partial charge in [-0.2, -0.15) is 5.10 Å². The van der Waals surface area contributed by atoms with Crippen molar-refractivity contribution in [1.29, 1.82) is 0 Å². The molecule has 0 aliphatic carbocycles.